The SMILES string of the molecule is NC(=NC1C2CCOC2C12CCC2)Nc1cc(F)ccc1F. The second kappa shape index (κ2) is 4.91. The van der Waals surface area contributed by atoms with Gasteiger partial charge in [-0.3, -0.25) is 0 Å². The van der Waals surface area contributed by atoms with Gasteiger partial charge in [-0.15, -0.1) is 0 Å². The third-order valence-electron chi connectivity index (χ3n) is 5.45. The number of halogens is 2. The molecule has 6 heteroatoms. The minimum Gasteiger partial charge on any atom is -0.377 e. The number of fused-ring (bicyclic) bond motifs is 2. The van der Waals surface area contributed by atoms with E-state index in [4.69, 9.17) is 10.5 Å². The van der Waals surface area contributed by atoms with Crippen LogP contribution >= 0.6 is 0 Å². The van der Waals surface area contributed by atoms with Crippen molar-refractivity contribution in [2.45, 2.75) is 37.8 Å². The van der Waals surface area contributed by atoms with Gasteiger partial charge in [-0.2, -0.15) is 0 Å². The van der Waals surface area contributed by atoms with Gasteiger partial charge in [0.2, 0.25) is 0 Å². The van der Waals surface area contributed by atoms with Crippen LogP contribution in [-0.4, -0.2) is 24.7 Å². The number of guanidine groups is 1. The first-order valence-electron chi connectivity index (χ1n) is 7.77. The van der Waals surface area contributed by atoms with Crippen LogP contribution in [0.5, 0.6) is 0 Å². The van der Waals surface area contributed by atoms with Gasteiger partial charge in [-0.1, -0.05) is 6.42 Å². The van der Waals surface area contributed by atoms with Gasteiger partial charge < -0.3 is 15.8 Å². The van der Waals surface area contributed by atoms with Gasteiger partial charge in [0.15, 0.2) is 5.96 Å². The normalized spacial score (nSPS) is 32.3. The summed E-state index contributed by atoms with van der Waals surface area (Å²) in [6, 6.07) is 3.36. The average molecular weight is 307 g/mol. The minimum atomic E-state index is -0.548. The number of rotatable bonds is 2. The van der Waals surface area contributed by atoms with Crippen LogP contribution in [0.1, 0.15) is 25.7 Å². The fourth-order valence-electron chi connectivity index (χ4n) is 4.30. The number of ether oxygens (including phenoxy) is 1. The van der Waals surface area contributed by atoms with Gasteiger partial charge in [-0.25, -0.2) is 13.8 Å². The summed E-state index contributed by atoms with van der Waals surface area (Å²) in [5.41, 5.74) is 6.08. The van der Waals surface area contributed by atoms with Gasteiger partial charge in [0.1, 0.15) is 11.6 Å². The topological polar surface area (TPSA) is 59.6 Å². The molecule has 22 heavy (non-hydrogen) atoms. The molecule has 3 fully saturated rings. The number of hydrogen-bond acceptors (Lipinski definition) is 2. The molecule has 1 aromatic rings. The molecule has 0 amide bonds. The van der Waals surface area contributed by atoms with Crippen LogP contribution in [0.2, 0.25) is 0 Å². The lowest BCUT2D eigenvalue weighted by atomic mass is 9.46. The maximum atomic E-state index is 13.6. The van der Waals surface area contributed by atoms with Crippen molar-refractivity contribution in [3.63, 3.8) is 0 Å². The number of anilines is 1. The van der Waals surface area contributed by atoms with Crippen molar-refractivity contribution >= 4 is 11.6 Å². The zero-order valence-electron chi connectivity index (χ0n) is 12.2. The number of nitrogens with two attached hydrogens (primary N) is 1. The van der Waals surface area contributed by atoms with Crippen molar-refractivity contribution in [1.82, 2.24) is 0 Å². The first-order valence-corrected chi connectivity index (χ1v) is 7.77. The molecular weight excluding hydrogens is 288 g/mol. The third kappa shape index (κ3) is 1.93. The van der Waals surface area contributed by atoms with Gasteiger partial charge >= 0.3 is 0 Å². The van der Waals surface area contributed by atoms with E-state index < -0.39 is 11.6 Å². The summed E-state index contributed by atoms with van der Waals surface area (Å²) in [5, 5.41) is 2.69. The molecule has 2 saturated carbocycles. The molecule has 0 bridgehead atoms. The van der Waals surface area contributed by atoms with E-state index in [9.17, 15) is 8.78 Å². The Balaban J connectivity index is 1.53. The number of nitrogens with one attached hydrogen (secondary N) is 1. The van der Waals surface area contributed by atoms with E-state index in [1.54, 1.807) is 0 Å². The Hall–Kier alpha value is -1.69. The molecule has 0 aromatic heterocycles. The van der Waals surface area contributed by atoms with E-state index in [0.29, 0.717) is 12.0 Å². The van der Waals surface area contributed by atoms with Crippen LogP contribution in [0.4, 0.5) is 14.5 Å². The molecule has 1 saturated heterocycles. The Morgan fingerprint density at radius 2 is 2.18 bits per heavy atom. The van der Waals surface area contributed by atoms with Gasteiger partial charge in [-0.05, 0) is 31.4 Å². The molecule has 1 aliphatic heterocycles. The monoisotopic (exact) mass is 307 g/mol. The maximum absolute atomic E-state index is 13.6. The molecule has 1 spiro atoms. The summed E-state index contributed by atoms with van der Waals surface area (Å²) < 4.78 is 32.7. The fourth-order valence-corrected chi connectivity index (χ4v) is 4.30. The van der Waals surface area contributed by atoms with Crippen LogP contribution in [0.25, 0.3) is 0 Å². The Morgan fingerprint density at radius 3 is 2.91 bits per heavy atom. The maximum Gasteiger partial charge on any atom is 0.193 e. The molecule has 4 nitrogen and oxygen atoms in total. The lowest BCUT2D eigenvalue weighted by Gasteiger charge is -2.61. The van der Waals surface area contributed by atoms with Gasteiger partial charge in [0.05, 0.1) is 17.8 Å². The van der Waals surface area contributed by atoms with E-state index in [1.165, 1.54) is 6.42 Å². The molecule has 118 valence electrons. The number of benzene rings is 1. The predicted molar refractivity (Wildman–Crippen MR) is 79.5 cm³/mol. The molecule has 3 aliphatic rings. The summed E-state index contributed by atoms with van der Waals surface area (Å²) in [5.74, 6) is -0.502. The zero-order valence-corrected chi connectivity index (χ0v) is 12.2. The highest BCUT2D eigenvalue weighted by Gasteiger charge is 2.66. The number of nitrogens with zero attached hydrogens (tertiary/aromatic N) is 1. The first-order chi connectivity index (χ1) is 10.6. The molecule has 3 unspecified atom stereocenters. The highest BCUT2D eigenvalue weighted by Crippen LogP contribution is 2.64. The van der Waals surface area contributed by atoms with Crippen LogP contribution in [-0.2, 0) is 4.74 Å². The zero-order chi connectivity index (χ0) is 15.3. The molecule has 1 heterocycles. The van der Waals surface area contributed by atoms with Gasteiger partial charge in [0, 0.05) is 24.0 Å². The molecular formula is C16H19F2N3O. The molecule has 4 rings (SSSR count). The largest absolute Gasteiger partial charge is 0.377 e. The third-order valence-corrected chi connectivity index (χ3v) is 5.45. The van der Waals surface area contributed by atoms with Crippen LogP contribution in [0, 0.1) is 23.0 Å². The Morgan fingerprint density at radius 1 is 1.36 bits per heavy atom. The number of hydrogen-bond donors (Lipinski definition) is 2. The number of aliphatic imine (C=N–C) groups is 1. The summed E-state index contributed by atoms with van der Waals surface area (Å²) in [6.45, 7) is 0.787. The molecule has 0 radical (unpaired) electrons. The highest BCUT2D eigenvalue weighted by molar-refractivity contribution is 5.92. The van der Waals surface area contributed by atoms with E-state index in [2.05, 4.69) is 10.3 Å². The van der Waals surface area contributed by atoms with Crippen molar-refractivity contribution in [2.75, 3.05) is 11.9 Å². The molecule has 3 atom stereocenters. The Labute approximate surface area is 127 Å². The minimum absolute atomic E-state index is 0.0162. The van der Waals surface area contributed by atoms with E-state index in [0.717, 1.165) is 44.1 Å². The predicted octanol–water partition coefficient (Wildman–Crippen LogP) is 2.65. The van der Waals surface area contributed by atoms with Crippen molar-refractivity contribution in [2.24, 2.45) is 22.1 Å². The van der Waals surface area contributed by atoms with Crippen molar-refractivity contribution in [3.8, 4) is 0 Å². The highest BCUT2D eigenvalue weighted by atomic mass is 19.1. The Bertz CT molecular complexity index is 630. The summed E-state index contributed by atoms with van der Waals surface area (Å²) in [6.07, 6.45) is 4.74. The van der Waals surface area contributed by atoms with Crippen LogP contribution in [0.15, 0.2) is 23.2 Å². The van der Waals surface area contributed by atoms with Crippen LogP contribution in [0.3, 0.4) is 0 Å². The first kappa shape index (κ1) is 13.9. The second-order valence-electron chi connectivity index (χ2n) is 6.54. The van der Waals surface area contributed by atoms with Crippen molar-refractivity contribution in [3.05, 3.63) is 29.8 Å². The molecule has 1 aromatic carbocycles. The van der Waals surface area contributed by atoms with Gasteiger partial charge in [0.25, 0.3) is 0 Å². The van der Waals surface area contributed by atoms with Crippen molar-refractivity contribution < 1.29 is 13.5 Å². The van der Waals surface area contributed by atoms with E-state index in [1.807, 2.05) is 0 Å². The lowest BCUT2D eigenvalue weighted by Crippen LogP contribution is -2.65. The second-order valence-corrected chi connectivity index (χ2v) is 6.54. The van der Waals surface area contributed by atoms with Crippen LogP contribution < -0.4 is 11.1 Å². The lowest BCUT2D eigenvalue weighted by molar-refractivity contribution is -0.164. The standard InChI is InChI=1S/C16H19F2N3O/c17-9-2-3-11(18)12(8-9)20-15(19)21-13-10-4-7-22-14(10)16(13)5-1-6-16/h2-3,8,10,13-14H,1,4-7H2,(H3,19,20,21). The Kier molecular flexibility index (Phi) is 3.11. The smallest absolute Gasteiger partial charge is 0.193 e. The molecule has 3 N–H and O–H groups in total. The summed E-state index contributed by atoms with van der Waals surface area (Å²) in [7, 11) is 0. The van der Waals surface area contributed by atoms with E-state index in [-0.39, 0.29) is 23.1 Å². The fraction of sp³-hybridized carbons (Fsp3) is 0.562. The van der Waals surface area contributed by atoms with E-state index >= 15 is 0 Å². The quantitative estimate of drug-likeness (QED) is 0.652. The average Bonchev–Trinajstić information content (AvgIpc) is 2.84. The van der Waals surface area contributed by atoms with Crippen molar-refractivity contribution in [1.29, 1.82) is 0 Å². The molecule has 2 aliphatic carbocycles. The summed E-state index contributed by atoms with van der Waals surface area (Å²) >= 11 is 0. The summed E-state index contributed by atoms with van der Waals surface area (Å²) in [4.78, 5) is 4.58.